The molecular weight excluding hydrogens is 489 g/mol. The third kappa shape index (κ3) is 5.36. The maximum atomic E-state index is 13.8. The van der Waals surface area contributed by atoms with E-state index < -0.39 is 29.6 Å². The van der Waals surface area contributed by atoms with Crippen molar-refractivity contribution in [3.05, 3.63) is 88.0 Å². The van der Waals surface area contributed by atoms with Crippen LogP contribution in [0.15, 0.2) is 60.7 Å². The molecule has 0 spiro atoms. The highest BCUT2D eigenvalue weighted by molar-refractivity contribution is 6.33. The van der Waals surface area contributed by atoms with Crippen molar-refractivity contribution >= 4 is 29.1 Å². The lowest BCUT2D eigenvalue weighted by molar-refractivity contribution is -0.137. The van der Waals surface area contributed by atoms with E-state index in [9.17, 15) is 22.8 Å². The van der Waals surface area contributed by atoms with Crippen LogP contribution in [0, 0.1) is 25.7 Å². The average Bonchev–Trinajstić information content (AvgIpc) is 2.84. The largest absolute Gasteiger partial charge is 0.416 e. The Kier molecular flexibility index (Phi) is 7.59. The van der Waals surface area contributed by atoms with E-state index >= 15 is 0 Å². The van der Waals surface area contributed by atoms with Crippen LogP contribution in [-0.2, 0) is 11.0 Å². The van der Waals surface area contributed by atoms with Crippen LogP contribution in [0.4, 0.5) is 18.9 Å². The smallest absolute Gasteiger partial charge is 0.334 e. The zero-order chi connectivity index (χ0) is 26.0. The molecule has 4 rings (SSSR count). The second-order valence-corrected chi connectivity index (χ2v) is 9.81. The van der Waals surface area contributed by atoms with Crippen molar-refractivity contribution < 1.29 is 22.8 Å². The van der Waals surface area contributed by atoms with Gasteiger partial charge in [-0.05, 0) is 62.4 Å². The molecule has 1 aliphatic carbocycles. The molecule has 1 fully saturated rings. The van der Waals surface area contributed by atoms with Gasteiger partial charge in [0.1, 0.15) is 0 Å². The lowest BCUT2D eigenvalue weighted by Gasteiger charge is -2.44. The third-order valence-electron chi connectivity index (χ3n) is 6.98. The average molecular weight is 517 g/mol. The normalized spacial score (nSPS) is 21.9. The van der Waals surface area contributed by atoms with Crippen LogP contribution < -0.4 is 5.32 Å². The van der Waals surface area contributed by atoms with Gasteiger partial charge in [0.05, 0.1) is 28.2 Å². The summed E-state index contributed by atoms with van der Waals surface area (Å²) in [7, 11) is 0. The van der Waals surface area contributed by atoms with Gasteiger partial charge in [0, 0.05) is 18.0 Å². The second-order valence-electron chi connectivity index (χ2n) is 9.40. The van der Waals surface area contributed by atoms with Crippen molar-refractivity contribution in [2.75, 3.05) is 11.9 Å². The Labute approximate surface area is 213 Å². The maximum absolute atomic E-state index is 13.8. The first-order valence-electron chi connectivity index (χ1n) is 12.0. The minimum Gasteiger partial charge on any atom is -0.334 e. The second kappa shape index (κ2) is 10.5. The van der Waals surface area contributed by atoms with Gasteiger partial charge in [0.25, 0.3) is 5.91 Å². The number of alkyl halides is 3. The fourth-order valence-corrected chi connectivity index (χ4v) is 5.41. The number of nitrogens with zero attached hydrogens (tertiary/aromatic N) is 1. The molecule has 2 aliphatic rings. The van der Waals surface area contributed by atoms with E-state index in [-0.39, 0.29) is 22.5 Å². The highest BCUT2D eigenvalue weighted by Gasteiger charge is 2.43. The third-order valence-corrected chi connectivity index (χ3v) is 7.31. The van der Waals surface area contributed by atoms with E-state index in [1.807, 2.05) is 56.4 Å². The summed E-state index contributed by atoms with van der Waals surface area (Å²) < 4.78 is 39.7. The number of carbonyl (C=O) groups excluding carboxylic acids is 2. The van der Waals surface area contributed by atoms with Crippen LogP contribution in [-0.4, -0.2) is 29.3 Å². The highest BCUT2D eigenvalue weighted by atomic mass is 35.5. The van der Waals surface area contributed by atoms with Gasteiger partial charge in [-0.3, -0.25) is 9.59 Å². The van der Waals surface area contributed by atoms with Gasteiger partial charge < -0.3 is 10.2 Å². The summed E-state index contributed by atoms with van der Waals surface area (Å²) in [5, 5.41) is 2.65. The van der Waals surface area contributed by atoms with Crippen molar-refractivity contribution in [1.29, 1.82) is 0 Å². The summed E-state index contributed by atoms with van der Waals surface area (Å²) in [5.74, 6) is -1.29. The van der Waals surface area contributed by atoms with Crippen molar-refractivity contribution in [3.63, 3.8) is 0 Å². The van der Waals surface area contributed by atoms with Crippen LogP contribution in [0.5, 0.6) is 0 Å². The lowest BCUT2D eigenvalue weighted by atomic mass is 9.77. The summed E-state index contributed by atoms with van der Waals surface area (Å²) in [5.41, 5.74) is 1.36. The van der Waals surface area contributed by atoms with Crippen LogP contribution in [0.1, 0.15) is 46.3 Å². The molecule has 4 nitrogen and oxygen atoms in total. The number of carbonyl (C=O) groups is 2. The van der Waals surface area contributed by atoms with E-state index in [4.69, 9.17) is 11.6 Å². The molecule has 1 N–H and O–H groups in total. The molecule has 0 aromatic heterocycles. The number of rotatable bonds is 4. The molecule has 36 heavy (non-hydrogen) atoms. The molecule has 1 heterocycles. The van der Waals surface area contributed by atoms with Gasteiger partial charge >= 0.3 is 6.18 Å². The monoisotopic (exact) mass is 516 g/mol. The van der Waals surface area contributed by atoms with Gasteiger partial charge in [0.15, 0.2) is 0 Å². The number of allylic oxidation sites excluding steroid dienone is 3. The molecule has 2 amide bonds. The number of amides is 2. The van der Waals surface area contributed by atoms with Crippen LogP contribution in [0.3, 0.4) is 0 Å². The first-order chi connectivity index (χ1) is 17.1. The number of hydrogen-bond donors (Lipinski definition) is 1. The number of hydrogen-bond acceptors (Lipinski definition) is 2. The van der Waals surface area contributed by atoms with E-state index in [1.54, 1.807) is 4.90 Å². The topological polar surface area (TPSA) is 49.4 Å². The summed E-state index contributed by atoms with van der Waals surface area (Å²) in [6.07, 6.45) is 5.04. The fourth-order valence-electron chi connectivity index (χ4n) is 5.24. The summed E-state index contributed by atoms with van der Waals surface area (Å²) in [6, 6.07) is 8.09. The Hall–Kier alpha value is -3.06. The van der Waals surface area contributed by atoms with Gasteiger partial charge in [0.2, 0.25) is 5.91 Å². The summed E-state index contributed by atoms with van der Waals surface area (Å²) in [6.45, 7) is 4.28. The van der Waals surface area contributed by atoms with E-state index in [2.05, 4.69) is 5.32 Å². The molecule has 190 valence electrons. The molecule has 1 saturated heterocycles. The fraction of sp³-hybridized carbons (Fsp3) is 0.357. The van der Waals surface area contributed by atoms with Crippen LogP contribution in [0.2, 0.25) is 5.02 Å². The Bertz CT molecular complexity index is 1200. The number of likely N-dealkylation sites (tertiary alicyclic amines) is 1. The minimum atomic E-state index is -4.56. The molecule has 0 bridgehead atoms. The predicted octanol–water partition coefficient (Wildman–Crippen LogP) is 6.97. The summed E-state index contributed by atoms with van der Waals surface area (Å²) in [4.78, 5) is 29.2. The number of aryl methyl sites for hydroxylation is 2. The van der Waals surface area contributed by atoms with Crippen molar-refractivity contribution in [2.24, 2.45) is 11.8 Å². The Balaban J connectivity index is 1.68. The molecule has 1 aliphatic heterocycles. The maximum Gasteiger partial charge on any atom is 0.416 e. The zero-order valence-corrected chi connectivity index (χ0v) is 20.9. The molecule has 2 aromatic carbocycles. The van der Waals surface area contributed by atoms with Crippen molar-refractivity contribution in [1.82, 2.24) is 4.90 Å². The molecule has 2 unspecified atom stereocenters. The first-order valence-corrected chi connectivity index (χ1v) is 12.3. The highest BCUT2D eigenvalue weighted by Crippen LogP contribution is 2.37. The molecule has 0 saturated carbocycles. The molecule has 2 aromatic rings. The molecule has 3 atom stereocenters. The standard InChI is InChI=1S/C28H28ClF3N2O2/c1-17-8-6-9-18(2)24(17)27(36)34-15-7-12-21(25(34)19-10-4-3-5-11-19)26(35)33-23-16-20(28(30,31)32)13-14-22(23)29/h3-6,8-10,13-14,16,19,21,25H,7,11-12,15H2,1-2H3,(H,33,35)/t19?,21?,25-/m0/s1. The van der Waals surface area contributed by atoms with E-state index in [1.165, 1.54) is 0 Å². The number of nitrogens with one attached hydrogen (secondary N) is 1. The van der Waals surface area contributed by atoms with E-state index in [0.29, 0.717) is 31.4 Å². The predicted molar refractivity (Wildman–Crippen MR) is 135 cm³/mol. The number of halogens is 4. The van der Waals surface area contributed by atoms with Crippen LogP contribution >= 0.6 is 11.6 Å². The Morgan fingerprint density at radius 3 is 2.44 bits per heavy atom. The number of anilines is 1. The number of benzene rings is 2. The Morgan fingerprint density at radius 1 is 1.08 bits per heavy atom. The quantitative estimate of drug-likeness (QED) is 0.477. The van der Waals surface area contributed by atoms with E-state index in [0.717, 1.165) is 29.3 Å². The molecule has 0 radical (unpaired) electrons. The van der Waals surface area contributed by atoms with Gasteiger partial charge in [-0.1, -0.05) is 54.1 Å². The summed E-state index contributed by atoms with van der Waals surface area (Å²) >= 11 is 6.14. The van der Waals surface area contributed by atoms with Gasteiger partial charge in [-0.2, -0.15) is 13.2 Å². The Morgan fingerprint density at radius 2 is 1.81 bits per heavy atom. The molecule has 8 heteroatoms. The lowest BCUT2D eigenvalue weighted by Crippen LogP contribution is -2.55. The SMILES string of the molecule is Cc1cccc(C)c1C(=O)N1CCCC(C(=O)Nc2cc(C(F)(F)F)ccc2Cl)[C@@H]1C1C=CC=CC1. The van der Waals surface area contributed by atoms with Crippen molar-refractivity contribution in [2.45, 2.75) is 45.3 Å². The molecular formula is C28H28ClF3N2O2. The van der Waals surface area contributed by atoms with Gasteiger partial charge in [-0.25, -0.2) is 0 Å². The first kappa shape index (κ1) is 26.0. The zero-order valence-electron chi connectivity index (χ0n) is 20.1. The van der Waals surface area contributed by atoms with Crippen molar-refractivity contribution in [3.8, 4) is 0 Å². The van der Waals surface area contributed by atoms with Gasteiger partial charge in [-0.15, -0.1) is 0 Å². The van der Waals surface area contributed by atoms with Crippen LogP contribution in [0.25, 0.3) is 0 Å². The number of piperidine rings is 1. The minimum absolute atomic E-state index is 0.0210.